The van der Waals surface area contributed by atoms with Gasteiger partial charge in [0.2, 0.25) is 0 Å². The second-order valence-corrected chi connectivity index (χ2v) is 6.80. The second kappa shape index (κ2) is 8.96. The summed E-state index contributed by atoms with van der Waals surface area (Å²) in [5.41, 5.74) is 1.69. The summed E-state index contributed by atoms with van der Waals surface area (Å²) in [4.78, 5) is 16.6. The van der Waals surface area contributed by atoms with E-state index in [1.165, 1.54) is 5.56 Å². The lowest BCUT2D eigenvalue weighted by Crippen LogP contribution is -2.45. The van der Waals surface area contributed by atoms with E-state index >= 15 is 0 Å². The minimum atomic E-state index is -0.0753. The molecule has 1 aliphatic heterocycles. The van der Waals surface area contributed by atoms with Crippen molar-refractivity contribution >= 4 is 5.91 Å². The highest BCUT2D eigenvalue weighted by atomic mass is 16.5. The lowest BCUT2D eigenvalue weighted by Gasteiger charge is -2.31. The smallest absolute Gasteiger partial charge is 0.276 e. The first kappa shape index (κ1) is 18.6. The van der Waals surface area contributed by atoms with E-state index in [9.17, 15) is 4.79 Å². The molecule has 1 atom stereocenters. The molecule has 1 aliphatic rings. The number of amides is 1. The third-order valence-corrected chi connectivity index (χ3v) is 4.71. The van der Waals surface area contributed by atoms with Crippen LogP contribution in [0.15, 0.2) is 40.9 Å². The largest absolute Gasteiger partial charge is 0.375 e. The van der Waals surface area contributed by atoms with Gasteiger partial charge in [0.15, 0.2) is 11.5 Å². The minimum absolute atomic E-state index is 0.0753. The van der Waals surface area contributed by atoms with Gasteiger partial charge in [0.05, 0.1) is 19.3 Å². The summed E-state index contributed by atoms with van der Waals surface area (Å²) >= 11 is 0. The van der Waals surface area contributed by atoms with Crippen LogP contribution in [0.2, 0.25) is 0 Å². The van der Waals surface area contributed by atoms with Gasteiger partial charge in [-0.25, -0.2) is 0 Å². The first-order valence-corrected chi connectivity index (χ1v) is 9.24. The summed E-state index contributed by atoms with van der Waals surface area (Å²) in [6, 6.07) is 12.2. The van der Waals surface area contributed by atoms with E-state index in [0.717, 1.165) is 19.4 Å². The monoisotopic (exact) mass is 357 g/mol. The summed E-state index contributed by atoms with van der Waals surface area (Å²) in [6.07, 6.45) is 1.99. The van der Waals surface area contributed by atoms with Gasteiger partial charge in [0.1, 0.15) is 0 Å². The molecule has 3 rings (SSSR count). The predicted molar refractivity (Wildman–Crippen MR) is 98.9 cm³/mol. The van der Waals surface area contributed by atoms with Crippen LogP contribution in [0.1, 0.15) is 35.2 Å². The number of hydrogen-bond donors (Lipinski definition) is 0. The van der Waals surface area contributed by atoms with Gasteiger partial charge in [0, 0.05) is 25.7 Å². The number of carbonyl (C=O) groups excluding carboxylic acids is 1. The van der Waals surface area contributed by atoms with Crippen LogP contribution in [0, 0.1) is 0 Å². The van der Waals surface area contributed by atoms with Gasteiger partial charge in [-0.3, -0.25) is 9.69 Å². The Kier molecular flexibility index (Phi) is 6.41. The Morgan fingerprint density at radius 3 is 2.92 bits per heavy atom. The lowest BCUT2D eigenvalue weighted by molar-refractivity contribution is -0.0229. The van der Waals surface area contributed by atoms with E-state index < -0.39 is 0 Å². The molecule has 1 unspecified atom stereocenters. The molecule has 6 heteroatoms. The highest BCUT2D eigenvalue weighted by Crippen LogP contribution is 2.14. The summed E-state index contributed by atoms with van der Waals surface area (Å²) in [5.74, 6) is 0.637. The van der Waals surface area contributed by atoms with Crippen molar-refractivity contribution in [2.75, 3.05) is 33.3 Å². The maximum Gasteiger partial charge on any atom is 0.276 e. The Bertz CT molecular complexity index is 701. The highest BCUT2D eigenvalue weighted by molar-refractivity contribution is 5.92. The predicted octanol–water partition coefficient (Wildman–Crippen LogP) is 2.60. The van der Waals surface area contributed by atoms with E-state index in [-0.39, 0.29) is 12.0 Å². The number of ether oxygens (including phenoxy) is 1. The summed E-state index contributed by atoms with van der Waals surface area (Å²) in [5, 5.41) is 3.98. The molecule has 0 aliphatic carbocycles. The van der Waals surface area contributed by atoms with Crippen molar-refractivity contribution in [1.82, 2.24) is 15.0 Å². The molecule has 1 aromatic heterocycles. The topological polar surface area (TPSA) is 58.8 Å². The standard InChI is InChI=1S/C20H27N3O3/c1-3-17-15-23(11-12-25-17)20(24)19-13-18(26-21-19)14-22(2)10-9-16-7-5-4-6-8-16/h4-8,13,17H,3,9-12,14-15H2,1-2H3. The lowest BCUT2D eigenvalue weighted by atomic mass is 10.1. The molecule has 2 aromatic rings. The van der Waals surface area contributed by atoms with Crippen LogP contribution in [0.4, 0.5) is 0 Å². The Hall–Kier alpha value is -2.18. The molecule has 1 saturated heterocycles. The van der Waals surface area contributed by atoms with Crippen LogP contribution < -0.4 is 0 Å². The van der Waals surface area contributed by atoms with E-state index in [1.807, 2.05) is 13.1 Å². The van der Waals surface area contributed by atoms with Gasteiger partial charge in [-0.2, -0.15) is 0 Å². The van der Waals surface area contributed by atoms with E-state index in [0.29, 0.717) is 37.7 Å². The zero-order valence-corrected chi connectivity index (χ0v) is 15.6. The van der Waals surface area contributed by atoms with Gasteiger partial charge in [-0.05, 0) is 25.5 Å². The molecule has 0 saturated carbocycles. The van der Waals surface area contributed by atoms with Gasteiger partial charge < -0.3 is 14.2 Å². The molecule has 140 valence electrons. The van der Waals surface area contributed by atoms with Crippen LogP contribution in [0.5, 0.6) is 0 Å². The van der Waals surface area contributed by atoms with Crippen molar-refractivity contribution in [2.45, 2.75) is 32.4 Å². The highest BCUT2D eigenvalue weighted by Gasteiger charge is 2.26. The van der Waals surface area contributed by atoms with Crippen molar-refractivity contribution in [3.8, 4) is 0 Å². The number of likely N-dealkylation sites (N-methyl/N-ethyl adjacent to an activating group) is 1. The fraction of sp³-hybridized carbons (Fsp3) is 0.500. The molecule has 0 bridgehead atoms. The van der Waals surface area contributed by atoms with E-state index in [1.54, 1.807) is 11.0 Å². The third kappa shape index (κ3) is 4.93. The number of benzene rings is 1. The zero-order valence-electron chi connectivity index (χ0n) is 15.6. The van der Waals surface area contributed by atoms with Crippen LogP contribution >= 0.6 is 0 Å². The summed E-state index contributed by atoms with van der Waals surface area (Å²) < 4.78 is 11.0. The van der Waals surface area contributed by atoms with Gasteiger partial charge in [-0.1, -0.05) is 42.4 Å². The maximum absolute atomic E-state index is 12.6. The molecule has 2 heterocycles. The Morgan fingerprint density at radius 1 is 1.35 bits per heavy atom. The number of aromatic nitrogens is 1. The molecular weight excluding hydrogens is 330 g/mol. The second-order valence-electron chi connectivity index (χ2n) is 6.80. The Morgan fingerprint density at radius 2 is 2.15 bits per heavy atom. The van der Waals surface area contributed by atoms with E-state index in [4.69, 9.17) is 9.26 Å². The molecule has 1 amide bonds. The number of nitrogens with zero attached hydrogens (tertiary/aromatic N) is 3. The van der Waals surface area contributed by atoms with Gasteiger partial charge in [0.25, 0.3) is 5.91 Å². The quantitative estimate of drug-likeness (QED) is 0.762. The molecule has 1 aromatic carbocycles. The number of rotatable bonds is 7. The molecule has 0 N–H and O–H groups in total. The van der Waals surface area contributed by atoms with Gasteiger partial charge >= 0.3 is 0 Å². The molecule has 0 spiro atoms. The molecule has 1 fully saturated rings. The number of hydrogen-bond acceptors (Lipinski definition) is 5. The molecular formula is C20H27N3O3. The Balaban J connectivity index is 1.51. The van der Waals surface area contributed by atoms with Crippen LogP contribution in [0.25, 0.3) is 0 Å². The first-order valence-electron chi connectivity index (χ1n) is 9.24. The summed E-state index contributed by atoms with van der Waals surface area (Å²) in [6.45, 7) is 5.42. The van der Waals surface area contributed by atoms with Crippen LogP contribution in [-0.2, 0) is 17.7 Å². The minimum Gasteiger partial charge on any atom is -0.375 e. The fourth-order valence-electron chi connectivity index (χ4n) is 3.11. The SMILES string of the molecule is CCC1CN(C(=O)c2cc(CN(C)CCc3ccccc3)on2)CCO1. The van der Waals surface area contributed by atoms with Crippen molar-refractivity contribution in [2.24, 2.45) is 0 Å². The van der Waals surface area contributed by atoms with Crippen LogP contribution in [0.3, 0.4) is 0 Å². The molecule has 26 heavy (non-hydrogen) atoms. The summed E-state index contributed by atoms with van der Waals surface area (Å²) in [7, 11) is 2.04. The Labute approximate surface area is 154 Å². The fourth-order valence-corrected chi connectivity index (χ4v) is 3.11. The zero-order chi connectivity index (χ0) is 18.4. The normalized spacial score (nSPS) is 17.7. The number of carbonyl (C=O) groups is 1. The molecule has 6 nitrogen and oxygen atoms in total. The average molecular weight is 357 g/mol. The first-order chi connectivity index (χ1) is 12.7. The van der Waals surface area contributed by atoms with Gasteiger partial charge in [-0.15, -0.1) is 0 Å². The van der Waals surface area contributed by atoms with Crippen LogP contribution in [-0.4, -0.2) is 60.3 Å². The van der Waals surface area contributed by atoms with Crippen molar-refractivity contribution in [1.29, 1.82) is 0 Å². The average Bonchev–Trinajstić information content (AvgIpc) is 3.15. The van der Waals surface area contributed by atoms with E-state index in [2.05, 4.69) is 41.2 Å². The molecule has 0 radical (unpaired) electrons. The van der Waals surface area contributed by atoms with Crippen molar-refractivity contribution in [3.63, 3.8) is 0 Å². The maximum atomic E-state index is 12.6. The van der Waals surface area contributed by atoms with Crippen molar-refractivity contribution < 1.29 is 14.1 Å². The van der Waals surface area contributed by atoms with Crippen molar-refractivity contribution in [3.05, 3.63) is 53.4 Å². The third-order valence-electron chi connectivity index (χ3n) is 4.71. The number of morpholine rings is 1.